The van der Waals surface area contributed by atoms with E-state index in [0.717, 1.165) is 55.0 Å². The Kier molecular flexibility index (Phi) is 2.69. The van der Waals surface area contributed by atoms with E-state index in [9.17, 15) is 0 Å². The van der Waals surface area contributed by atoms with Crippen molar-refractivity contribution in [2.75, 3.05) is 11.9 Å². The molecule has 0 radical (unpaired) electrons. The van der Waals surface area contributed by atoms with Crippen molar-refractivity contribution in [2.45, 2.75) is 26.7 Å². The summed E-state index contributed by atoms with van der Waals surface area (Å²) >= 11 is 8.00. The smallest absolute Gasteiger partial charge is 0.165 e. The van der Waals surface area contributed by atoms with E-state index < -0.39 is 0 Å². The largest absolute Gasteiger partial charge is 0.367 e. The molecule has 0 saturated heterocycles. The molecule has 104 valence electrons. The molecule has 0 unspecified atom stereocenters. The predicted octanol–water partition coefficient (Wildman–Crippen LogP) is 4.26. The van der Waals surface area contributed by atoms with Gasteiger partial charge in [-0.2, -0.15) is 5.10 Å². The summed E-state index contributed by atoms with van der Waals surface area (Å²) in [4.78, 5) is 5.64. The fraction of sp³-hybridized carbons (Fsp3) is 0.429. The average Bonchev–Trinajstić information content (AvgIpc) is 3.07. The first kappa shape index (κ1) is 12.4. The van der Waals surface area contributed by atoms with Crippen LogP contribution >= 0.6 is 22.9 Å². The Bertz CT molecular complexity index is 816. The minimum absolute atomic E-state index is 0.749. The molecule has 3 aromatic heterocycles. The number of H-pyrrole nitrogens is 1. The highest BCUT2D eigenvalue weighted by molar-refractivity contribution is 7.26. The molecule has 1 fully saturated rings. The molecule has 6 heteroatoms. The van der Waals surface area contributed by atoms with Gasteiger partial charge in [0.05, 0.1) is 20.9 Å². The van der Waals surface area contributed by atoms with Crippen LogP contribution in [0.15, 0.2) is 0 Å². The van der Waals surface area contributed by atoms with Crippen molar-refractivity contribution < 1.29 is 0 Å². The second-order valence-corrected chi connectivity index (χ2v) is 6.90. The Hall–Kier alpha value is -1.33. The van der Waals surface area contributed by atoms with E-state index in [1.54, 1.807) is 11.3 Å². The van der Waals surface area contributed by atoms with Gasteiger partial charge in [0, 0.05) is 11.9 Å². The van der Waals surface area contributed by atoms with Crippen LogP contribution in [0.1, 0.15) is 24.1 Å². The highest BCUT2D eigenvalue weighted by Crippen LogP contribution is 2.40. The van der Waals surface area contributed by atoms with Gasteiger partial charge in [0.2, 0.25) is 0 Å². The van der Waals surface area contributed by atoms with Crippen molar-refractivity contribution in [3.63, 3.8) is 0 Å². The number of nitrogens with one attached hydrogen (secondary N) is 2. The maximum absolute atomic E-state index is 6.32. The molecule has 0 atom stereocenters. The second kappa shape index (κ2) is 4.33. The number of thiophene rings is 1. The van der Waals surface area contributed by atoms with Crippen LogP contribution in [-0.2, 0) is 0 Å². The molecule has 4 nitrogen and oxygen atoms in total. The molecular weight excluding hydrogens is 292 g/mol. The Balaban J connectivity index is 1.88. The molecule has 0 aliphatic heterocycles. The van der Waals surface area contributed by atoms with Gasteiger partial charge < -0.3 is 5.32 Å². The fourth-order valence-electron chi connectivity index (χ4n) is 2.55. The number of halogens is 1. The van der Waals surface area contributed by atoms with Crippen LogP contribution in [0.25, 0.3) is 20.4 Å². The van der Waals surface area contributed by atoms with Gasteiger partial charge in [-0.1, -0.05) is 11.6 Å². The third-order valence-corrected chi connectivity index (χ3v) is 5.58. The molecule has 2 N–H and O–H groups in total. The number of fused-ring (bicyclic) bond motifs is 3. The Morgan fingerprint density at radius 3 is 2.95 bits per heavy atom. The van der Waals surface area contributed by atoms with E-state index in [-0.39, 0.29) is 0 Å². The van der Waals surface area contributed by atoms with Gasteiger partial charge in [0.25, 0.3) is 0 Å². The van der Waals surface area contributed by atoms with Crippen molar-refractivity contribution in [1.29, 1.82) is 0 Å². The van der Waals surface area contributed by atoms with Crippen molar-refractivity contribution in [3.05, 3.63) is 16.3 Å². The van der Waals surface area contributed by atoms with Gasteiger partial charge in [-0.05, 0) is 38.2 Å². The highest BCUT2D eigenvalue weighted by Gasteiger charge is 2.22. The third-order valence-electron chi connectivity index (χ3n) is 3.93. The van der Waals surface area contributed by atoms with Crippen LogP contribution in [0.4, 0.5) is 5.82 Å². The van der Waals surface area contributed by atoms with Crippen LogP contribution in [0.5, 0.6) is 0 Å². The molecular formula is C14H15ClN4S. The third kappa shape index (κ3) is 1.80. The summed E-state index contributed by atoms with van der Waals surface area (Å²) in [7, 11) is 0. The summed E-state index contributed by atoms with van der Waals surface area (Å²) in [6, 6.07) is 0. The SMILES string of the molecule is Cc1nc2sc3c(NCC4CC4)n[nH]c3c2c(C)c1Cl. The molecule has 1 saturated carbocycles. The normalized spacial score (nSPS) is 15.3. The van der Waals surface area contributed by atoms with E-state index >= 15 is 0 Å². The number of pyridine rings is 1. The lowest BCUT2D eigenvalue weighted by atomic mass is 10.1. The fourth-order valence-corrected chi connectivity index (χ4v) is 3.88. The Morgan fingerprint density at radius 1 is 1.40 bits per heavy atom. The van der Waals surface area contributed by atoms with Gasteiger partial charge in [0.1, 0.15) is 4.83 Å². The predicted molar refractivity (Wildman–Crippen MR) is 85.0 cm³/mol. The van der Waals surface area contributed by atoms with Crippen molar-refractivity contribution in [1.82, 2.24) is 15.2 Å². The van der Waals surface area contributed by atoms with E-state index in [0.29, 0.717) is 0 Å². The number of aryl methyl sites for hydroxylation is 2. The topological polar surface area (TPSA) is 53.6 Å². The molecule has 1 aliphatic rings. The number of aromatic nitrogens is 3. The Morgan fingerprint density at radius 2 is 2.20 bits per heavy atom. The zero-order chi connectivity index (χ0) is 13.9. The zero-order valence-corrected chi connectivity index (χ0v) is 13.0. The van der Waals surface area contributed by atoms with Crippen molar-refractivity contribution >= 4 is 49.2 Å². The molecule has 1 aliphatic carbocycles. The van der Waals surface area contributed by atoms with Crippen LogP contribution in [-0.4, -0.2) is 21.7 Å². The van der Waals surface area contributed by atoms with Crippen molar-refractivity contribution in [3.8, 4) is 0 Å². The average molecular weight is 307 g/mol. The molecule has 0 amide bonds. The lowest BCUT2D eigenvalue weighted by Gasteiger charge is -2.02. The van der Waals surface area contributed by atoms with E-state index in [2.05, 4.69) is 20.5 Å². The highest BCUT2D eigenvalue weighted by atomic mass is 35.5. The molecule has 3 heterocycles. The zero-order valence-electron chi connectivity index (χ0n) is 11.4. The van der Waals surface area contributed by atoms with Crippen molar-refractivity contribution in [2.24, 2.45) is 5.92 Å². The second-order valence-electron chi connectivity index (χ2n) is 5.52. The van der Waals surface area contributed by atoms with Gasteiger partial charge in [-0.25, -0.2) is 4.98 Å². The molecule has 0 spiro atoms. The van der Waals surface area contributed by atoms with E-state index in [1.165, 1.54) is 12.8 Å². The van der Waals surface area contributed by atoms with Crippen LogP contribution in [0, 0.1) is 19.8 Å². The number of aromatic amines is 1. The summed E-state index contributed by atoms with van der Waals surface area (Å²) in [6.07, 6.45) is 2.67. The van der Waals surface area contributed by atoms with E-state index in [4.69, 9.17) is 11.6 Å². The van der Waals surface area contributed by atoms with Crippen LogP contribution in [0.2, 0.25) is 5.02 Å². The molecule has 20 heavy (non-hydrogen) atoms. The van der Waals surface area contributed by atoms with Crippen LogP contribution in [0.3, 0.4) is 0 Å². The summed E-state index contributed by atoms with van der Waals surface area (Å²) in [6.45, 7) is 5.01. The first-order valence-electron chi connectivity index (χ1n) is 6.82. The minimum atomic E-state index is 0.749. The summed E-state index contributed by atoms with van der Waals surface area (Å²) in [5.74, 6) is 1.77. The first-order valence-corrected chi connectivity index (χ1v) is 8.01. The van der Waals surface area contributed by atoms with Gasteiger partial charge in [-0.3, -0.25) is 5.10 Å². The van der Waals surface area contributed by atoms with Crippen LogP contribution < -0.4 is 5.32 Å². The molecule has 3 aromatic rings. The standard InChI is InChI=1S/C14H15ClN4S/c1-6-9-11-12(20-14(9)17-7(2)10(6)15)13(19-18-11)16-5-8-3-4-8/h8H,3-5H2,1-2H3,(H2,16,18,19). The number of anilines is 1. The van der Waals surface area contributed by atoms with E-state index in [1.807, 2.05) is 13.8 Å². The Labute approximate surface area is 125 Å². The maximum Gasteiger partial charge on any atom is 0.165 e. The number of rotatable bonds is 3. The minimum Gasteiger partial charge on any atom is -0.367 e. The van der Waals surface area contributed by atoms with Gasteiger partial charge in [0.15, 0.2) is 5.82 Å². The lowest BCUT2D eigenvalue weighted by molar-refractivity contribution is 0.881. The molecule has 4 rings (SSSR count). The summed E-state index contributed by atoms with van der Waals surface area (Å²) < 4.78 is 1.15. The maximum atomic E-state index is 6.32. The first-order chi connectivity index (χ1) is 9.65. The molecule has 0 aromatic carbocycles. The summed E-state index contributed by atoms with van der Waals surface area (Å²) in [5, 5.41) is 12.8. The monoisotopic (exact) mass is 306 g/mol. The quantitative estimate of drug-likeness (QED) is 0.760. The number of nitrogens with zero attached hydrogens (tertiary/aromatic N) is 2. The molecule has 0 bridgehead atoms. The lowest BCUT2D eigenvalue weighted by Crippen LogP contribution is -2.03. The van der Waals surface area contributed by atoms with Gasteiger partial charge >= 0.3 is 0 Å². The summed E-state index contributed by atoms with van der Waals surface area (Å²) in [5.41, 5.74) is 3.02. The number of hydrogen-bond acceptors (Lipinski definition) is 4. The van der Waals surface area contributed by atoms with Gasteiger partial charge in [-0.15, -0.1) is 11.3 Å². The number of hydrogen-bond donors (Lipinski definition) is 2.